The Hall–Kier alpha value is -0.380. The highest BCUT2D eigenvalue weighted by molar-refractivity contribution is 4.77. The second kappa shape index (κ2) is 8.23. The van der Waals surface area contributed by atoms with Gasteiger partial charge in [-0.25, -0.2) is 0 Å². The fourth-order valence-electron chi connectivity index (χ4n) is 1.11. The van der Waals surface area contributed by atoms with Gasteiger partial charge in [0.1, 0.15) is 0 Å². The Morgan fingerprint density at radius 1 is 1.23 bits per heavy atom. The molecule has 0 aromatic heterocycles. The maximum absolute atomic E-state index is 9.16. The molecule has 78 valence electrons. The van der Waals surface area contributed by atoms with Gasteiger partial charge in [-0.1, -0.05) is 12.5 Å². The van der Waals surface area contributed by atoms with E-state index in [-0.39, 0.29) is 12.4 Å². The SMILES string of the molecule is C=CC(O)CCCCC(OC)OC. The first-order chi connectivity index (χ1) is 6.24. The van der Waals surface area contributed by atoms with Gasteiger partial charge in [0.05, 0.1) is 6.10 Å². The molecule has 0 saturated carbocycles. The summed E-state index contributed by atoms with van der Waals surface area (Å²) in [5.41, 5.74) is 0. The van der Waals surface area contributed by atoms with Crippen molar-refractivity contribution in [3.8, 4) is 0 Å². The predicted molar refractivity (Wildman–Crippen MR) is 52.5 cm³/mol. The zero-order valence-corrected chi connectivity index (χ0v) is 8.53. The topological polar surface area (TPSA) is 38.7 Å². The van der Waals surface area contributed by atoms with Crippen LogP contribution in [-0.2, 0) is 9.47 Å². The Morgan fingerprint density at radius 2 is 1.77 bits per heavy atom. The molecule has 0 heterocycles. The van der Waals surface area contributed by atoms with E-state index in [0.29, 0.717) is 0 Å². The number of ether oxygens (including phenoxy) is 2. The van der Waals surface area contributed by atoms with Crippen molar-refractivity contribution in [3.05, 3.63) is 12.7 Å². The van der Waals surface area contributed by atoms with E-state index in [0.717, 1.165) is 25.7 Å². The Kier molecular flexibility index (Phi) is 7.99. The van der Waals surface area contributed by atoms with Crippen molar-refractivity contribution in [2.75, 3.05) is 14.2 Å². The fraction of sp³-hybridized carbons (Fsp3) is 0.800. The molecule has 0 radical (unpaired) electrons. The molecule has 1 atom stereocenters. The number of hydrogen-bond acceptors (Lipinski definition) is 3. The van der Waals surface area contributed by atoms with E-state index in [1.54, 1.807) is 20.3 Å². The molecule has 13 heavy (non-hydrogen) atoms. The summed E-state index contributed by atoms with van der Waals surface area (Å²) in [6, 6.07) is 0. The van der Waals surface area contributed by atoms with Crippen molar-refractivity contribution in [1.29, 1.82) is 0 Å². The third kappa shape index (κ3) is 6.75. The molecule has 0 saturated heterocycles. The maximum Gasteiger partial charge on any atom is 0.156 e. The highest BCUT2D eigenvalue weighted by Crippen LogP contribution is 2.08. The largest absolute Gasteiger partial charge is 0.389 e. The lowest BCUT2D eigenvalue weighted by Crippen LogP contribution is -2.12. The van der Waals surface area contributed by atoms with E-state index in [1.807, 2.05) is 0 Å². The average Bonchev–Trinajstić information content (AvgIpc) is 2.18. The number of rotatable bonds is 8. The van der Waals surface area contributed by atoms with Gasteiger partial charge in [0.15, 0.2) is 6.29 Å². The summed E-state index contributed by atoms with van der Waals surface area (Å²) in [4.78, 5) is 0. The molecule has 0 aliphatic heterocycles. The first-order valence-electron chi connectivity index (χ1n) is 4.60. The van der Waals surface area contributed by atoms with Crippen LogP contribution in [0.1, 0.15) is 25.7 Å². The van der Waals surface area contributed by atoms with E-state index in [4.69, 9.17) is 14.6 Å². The molecule has 1 unspecified atom stereocenters. The molecule has 1 N–H and O–H groups in total. The second-order valence-corrected chi connectivity index (χ2v) is 2.99. The summed E-state index contributed by atoms with van der Waals surface area (Å²) < 4.78 is 10.1. The van der Waals surface area contributed by atoms with Gasteiger partial charge in [0.2, 0.25) is 0 Å². The second-order valence-electron chi connectivity index (χ2n) is 2.99. The first-order valence-corrected chi connectivity index (χ1v) is 4.60. The van der Waals surface area contributed by atoms with Crippen LogP contribution in [0.5, 0.6) is 0 Å². The van der Waals surface area contributed by atoms with E-state index < -0.39 is 0 Å². The number of aliphatic hydroxyl groups is 1. The molecule has 0 amide bonds. The summed E-state index contributed by atoms with van der Waals surface area (Å²) in [6.45, 7) is 3.51. The van der Waals surface area contributed by atoms with Crippen LogP contribution in [0.4, 0.5) is 0 Å². The number of aliphatic hydroxyl groups excluding tert-OH is 1. The standard InChI is InChI=1S/C10H20O3/c1-4-9(11)7-5-6-8-10(12-2)13-3/h4,9-11H,1,5-8H2,2-3H3. The molecule has 0 aliphatic carbocycles. The van der Waals surface area contributed by atoms with E-state index in [9.17, 15) is 0 Å². The van der Waals surface area contributed by atoms with Crippen LogP contribution in [0.15, 0.2) is 12.7 Å². The van der Waals surface area contributed by atoms with Crippen molar-refractivity contribution >= 4 is 0 Å². The molecule has 0 rings (SSSR count). The van der Waals surface area contributed by atoms with Crippen molar-refractivity contribution < 1.29 is 14.6 Å². The zero-order chi connectivity index (χ0) is 10.1. The van der Waals surface area contributed by atoms with Gasteiger partial charge < -0.3 is 14.6 Å². The number of unbranched alkanes of at least 4 members (excludes halogenated alkanes) is 1. The molecular formula is C10H20O3. The van der Waals surface area contributed by atoms with Crippen LogP contribution in [-0.4, -0.2) is 31.7 Å². The normalized spacial score (nSPS) is 13.2. The monoisotopic (exact) mass is 188 g/mol. The molecule has 0 aromatic carbocycles. The maximum atomic E-state index is 9.16. The van der Waals surface area contributed by atoms with Crippen molar-refractivity contribution in [3.63, 3.8) is 0 Å². The zero-order valence-electron chi connectivity index (χ0n) is 8.53. The molecule has 0 bridgehead atoms. The minimum absolute atomic E-state index is 0.110. The Balaban J connectivity index is 3.28. The lowest BCUT2D eigenvalue weighted by molar-refractivity contribution is -0.107. The Morgan fingerprint density at radius 3 is 2.23 bits per heavy atom. The van der Waals surface area contributed by atoms with Crippen LogP contribution >= 0.6 is 0 Å². The summed E-state index contributed by atoms with van der Waals surface area (Å²) >= 11 is 0. The van der Waals surface area contributed by atoms with Gasteiger partial charge >= 0.3 is 0 Å². The molecule has 3 heteroatoms. The molecule has 0 aliphatic rings. The van der Waals surface area contributed by atoms with Crippen LogP contribution in [0.3, 0.4) is 0 Å². The summed E-state index contributed by atoms with van der Waals surface area (Å²) in [5.74, 6) is 0. The van der Waals surface area contributed by atoms with Crippen molar-refractivity contribution in [2.24, 2.45) is 0 Å². The number of methoxy groups -OCH3 is 2. The summed E-state index contributed by atoms with van der Waals surface area (Å²) in [7, 11) is 3.26. The predicted octanol–water partition coefficient (Wildman–Crippen LogP) is 1.71. The first kappa shape index (κ1) is 12.6. The summed E-state index contributed by atoms with van der Waals surface area (Å²) in [5, 5.41) is 9.16. The number of hydrogen-bond donors (Lipinski definition) is 1. The van der Waals surface area contributed by atoms with Gasteiger partial charge in [-0.05, 0) is 19.3 Å². The smallest absolute Gasteiger partial charge is 0.156 e. The lowest BCUT2D eigenvalue weighted by Gasteiger charge is -2.12. The summed E-state index contributed by atoms with van der Waals surface area (Å²) in [6.07, 6.45) is 4.68. The fourth-order valence-corrected chi connectivity index (χ4v) is 1.11. The van der Waals surface area contributed by atoms with E-state index in [2.05, 4.69) is 6.58 Å². The van der Waals surface area contributed by atoms with Gasteiger partial charge in [-0.2, -0.15) is 0 Å². The van der Waals surface area contributed by atoms with Crippen molar-refractivity contribution in [1.82, 2.24) is 0 Å². The van der Waals surface area contributed by atoms with Crippen LogP contribution in [0.2, 0.25) is 0 Å². The van der Waals surface area contributed by atoms with E-state index in [1.165, 1.54) is 0 Å². The lowest BCUT2D eigenvalue weighted by atomic mass is 10.1. The van der Waals surface area contributed by atoms with Crippen LogP contribution in [0, 0.1) is 0 Å². The van der Waals surface area contributed by atoms with Crippen molar-refractivity contribution in [2.45, 2.75) is 38.1 Å². The van der Waals surface area contributed by atoms with Crippen LogP contribution in [0.25, 0.3) is 0 Å². The molecule has 3 nitrogen and oxygen atoms in total. The van der Waals surface area contributed by atoms with Gasteiger partial charge in [-0.15, -0.1) is 6.58 Å². The quantitative estimate of drug-likeness (QED) is 0.358. The minimum Gasteiger partial charge on any atom is -0.389 e. The highest BCUT2D eigenvalue weighted by Gasteiger charge is 2.04. The highest BCUT2D eigenvalue weighted by atomic mass is 16.7. The average molecular weight is 188 g/mol. The van der Waals surface area contributed by atoms with Gasteiger partial charge in [-0.3, -0.25) is 0 Å². The Labute approximate surface area is 80.4 Å². The molecule has 0 spiro atoms. The van der Waals surface area contributed by atoms with E-state index >= 15 is 0 Å². The third-order valence-corrected chi connectivity index (χ3v) is 1.99. The molecule has 0 fully saturated rings. The van der Waals surface area contributed by atoms with Gasteiger partial charge in [0, 0.05) is 14.2 Å². The molecular weight excluding hydrogens is 168 g/mol. The minimum atomic E-state index is -0.372. The third-order valence-electron chi connectivity index (χ3n) is 1.99. The van der Waals surface area contributed by atoms with Crippen LogP contribution < -0.4 is 0 Å². The van der Waals surface area contributed by atoms with Gasteiger partial charge in [0.25, 0.3) is 0 Å². The molecule has 0 aromatic rings. The Bertz CT molecular complexity index is 121.